The van der Waals surface area contributed by atoms with E-state index in [-0.39, 0.29) is 24.3 Å². The standard InChI is InChI=1S/C17H18O3/c1-11-2-5-13(6-3-11)16(18)10-20-17(19)15-9-12-4-7-14(15)8-12/h2-7,12,14-15H,8-10H2,1H3. The van der Waals surface area contributed by atoms with E-state index < -0.39 is 0 Å². The molecule has 3 atom stereocenters. The lowest BCUT2D eigenvalue weighted by Gasteiger charge is -2.16. The van der Waals surface area contributed by atoms with Crippen LogP contribution in [0.15, 0.2) is 36.4 Å². The summed E-state index contributed by atoms with van der Waals surface area (Å²) in [7, 11) is 0. The molecule has 3 heteroatoms. The van der Waals surface area contributed by atoms with Gasteiger partial charge in [0.2, 0.25) is 0 Å². The Labute approximate surface area is 118 Å². The maximum atomic E-state index is 12.0. The van der Waals surface area contributed by atoms with Crippen LogP contribution in [0, 0.1) is 24.7 Å². The molecule has 0 N–H and O–H groups in total. The molecule has 0 aromatic heterocycles. The minimum Gasteiger partial charge on any atom is -0.457 e. The van der Waals surface area contributed by atoms with Gasteiger partial charge in [0, 0.05) is 5.56 Å². The number of ether oxygens (including phenoxy) is 1. The first-order valence-electron chi connectivity index (χ1n) is 7.08. The minimum absolute atomic E-state index is 0.0455. The summed E-state index contributed by atoms with van der Waals surface area (Å²) in [5, 5.41) is 0. The van der Waals surface area contributed by atoms with Crippen LogP contribution in [-0.2, 0) is 9.53 Å². The van der Waals surface area contributed by atoms with Gasteiger partial charge in [-0.3, -0.25) is 9.59 Å². The first-order chi connectivity index (χ1) is 9.63. The van der Waals surface area contributed by atoms with E-state index in [1.54, 1.807) is 12.1 Å². The van der Waals surface area contributed by atoms with Gasteiger partial charge in [0.1, 0.15) is 0 Å². The number of benzene rings is 1. The summed E-state index contributed by atoms with van der Waals surface area (Å²) in [4.78, 5) is 24.0. The zero-order chi connectivity index (χ0) is 14.1. The van der Waals surface area contributed by atoms with Crippen molar-refractivity contribution in [1.29, 1.82) is 0 Å². The third kappa shape index (κ3) is 2.53. The first kappa shape index (κ1) is 13.1. The van der Waals surface area contributed by atoms with Crippen LogP contribution in [-0.4, -0.2) is 18.4 Å². The summed E-state index contributed by atoms with van der Waals surface area (Å²) < 4.78 is 5.20. The van der Waals surface area contributed by atoms with Crippen LogP contribution < -0.4 is 0 Å². The SMILES string of the molecule is Cc1ccc(C(=O)COC(=O)C2CC3C=CC2C3)cc1. The van der Waals surface area contributed by atoms with Crippen molar-refractivity contribution >= 4 is 11.8 Å². The Kier molecular flexibility index (Phi) is 3.43. The topological polar surface area (TPSA) is 43.4 Å². The van der Waals surface area contributed by atoms with Gasteiger partial charge in [-0.1, -0.05) is 42.0 Å². The van der Waals surface area contributed by atoms with E-state index >= 15 is 0 Å². The third-order valence-electron chi connectivity index (χ3n) is 4.30. The Morgan fingerprint density at radius 2 is 1.90 bits per heavy atom. The van der Waals surface area contributed by atoms with E-state index in [9.17, 15) is 9.59 Å². The molecule has 2 bridgehead atoms. The summed E-state index contributed by atoms with van der Waals surface area (Å²) >= 11 is 0. The van der Waals surface area contributed by atoms with Crippen molar-refractivity contribution < 1.29 is 14.3 Å². The number of carbonyl (C=O) groups is 2. The van der Waals surface area contributed by atoms with E-state index in [4.69, 9.17) is 4.74 Å². The molecular weight excluding hydrogens is 252 g/mol. The maximum absolute atomic E-state index is 12.0. The molecule has 1 aromatic carbocycles. The number of hydrogen-bond acceptors (Lipinski definition) is 3. The molecule has 0 spiro atoms. The molecule has 0 aliphatic heterocycles. The Balaban J connectivity index is 1.54. The van der Waals surface area contributed by atoms with E-state index in [0.717, 1.165) is 18.4 Å². The molecule has 1 saturated carbocycles. The summed E-state index contributed by atoms with van der Waals surface area (Å²) in [5.41, 5.74) is 1.70. The zero-order valence-corrected chi connectivity index (χ0v) is 11.5. The fraction of sp³-hybridized carbons (Fsp3) is 0.412. The second-order valence-corrected chi connectivity index (χ2v) is 5.78. The fourth-order valence-electron chi connectivity index (χ4n) is 3.12. The normalized spacial score (nSPS) is 26.8. The van der Waals surface area contributed by atoms with Crippen LogP contribution in [0.1, 0.15) is 28.8 Å². The van der Waals surface area contributed by atoms with Gasteiger partial charge in [0.25, 0.3) is 0 Å². The van der Waals surface area contributed by atoms with Crippen LogP contribution in [0.3, 0.4) is 0 Å². The molecule has 104 valence electrons. The minimum atomic E-state index is -0.220. The quantitative estimate of drug-likeness (QED) is 0.480. The first-order valence-corrected chi connectivity index (χ1v) is 7.08. The van der Waals surface area contributed by atoms with E-state index in [1.807, 2.05) is 19.1 Å². The van der Waals surface area contributed by atoms with Crippen molar-refractivity contribution in [3.8, 4) is 0 Å². The molecule has 0 radical (unpaired) electrons. The molecule has 0 amide bonds. The molecule has 3 nitrogen and oxygen atoms in total. The van der Waals surface area contributed by atoms with Gasteiger partial charge in [-0.25, -0.2) is 0 Å². The number of allylic oxidation sites excluding steroid dienone is 2. The number of ketones is 1. The van der Waals surface area contributed by atoms with Crippen LogP contribution in [0.2, 0.25) is 0 Å². The molecule has 3 unspecified atom stereocenters. The average Bonchev–Trinajstić information content (AvgIpc) is 3.08. The van der Waals surface area contributed by atoms with Crippen LogP contribution >= 0.6 is 0 Å². The third-order valence-corrected chi connectivity index (χ3v) is 4.30. The van der Waals surface area contributed by atoms with Crippen molar-refractivity contribution in [2.24, 2.45) is 17.8 Å². The van der Waals surface area contributed by atoms with Crippen molar-refractivity contribution in [3.05, 3.63) is 47.5 Å². The lowest BCUT2D eigenvalue weighted by molar-refractivity contribution is -0.148. The lowest BCUT2D eigenvalue weighted by atomic mass is 9.94. The van der Waals surface area contributed by atoms with Gasteiger partial charge in [0.15, 0.2) is 12.4 Å². The predicted molar refractivity (Wildman–Crippen MR) is 75.3 cm³/mol. The number of aryl methyl sites for hydroxylation is 1. The molecule has 0 heterocycles. The van der Waals surface area contributed by atoms with Gasteiger partial charge < -0.3 is 4.74 Å². The number of fused-ring (bicyclic) bond motifs is 2. The molecule has 1 aromatic rings. The number of rotatable bonds is 4. The van der Waals surface area contributed by atoms with E-state index in [1.165, 1.54) is 0 Å². The highest BCUT2D eigenvalue weighted by Gasteiger charge is 2.40. The van der Waals surface area contributed by atoms with Crippen LogP contribution in [0.25, 0.3) is 0 Å². The van der Waals surface area contributed by atoms with Crippen molar-refractivity contribution in [3.63, 3.8) is 0 Å². The monoisotopic (exact) mass is 270 g/mol. The average molecular weight is 270 g/mol. The second kappa shape index (κ2) is 5.23. The van der Waals surface area contributed by atoms with Crippen molar-refractivity contribution in [2.75, 3.05) is 6.61 Å². The van der Waals surface area contributed by atoms with E-state index in [0.29, 0.717) is 17.4 Å². The summed E-state index contributed by atoms with van der Waals surface area (Å²) in [5.74, 6) is 0.447. The van der Waals surface area contributed by atoms with Gasteiger partial charge in [0.05, 0.1) is 5.92 Å². The highest BCUT2D eigenvalue weighted by atomic mass is 16.5. The maximum Gasteiger partial charge on any atom is 0.310 e. The summed E-state index contributed by atoms with van der Waals surface area (Å²) in [6.07, 6.45) is 6.23. The Morgan fingerprint density at radius 3 is 2.50 bits per heavy atom. The Morgan fingerprint density at radius 1 is 1.15 bits per heavy atom. The zero-order valence-electron chi connectivity index (χ0n) is 11.5. The molecule has 3 rings (SSSR count). The van der Waals surface area contributed by atoms with Gasteiger partial charge in [-0.15, -0.1) is 0 Å². The van der Waals surface area contributed by atoms with Gasteiger partial charge in [-0.05, 0) is 31.6 Å². The largest absolute Gasteiger partial charge is 0.457 e. The van der Waals surface area contributed by atoms with Crippen LogP contribution in [0.5, 0.6) is 0 Å². The van der Waals surface area contributed by atoms with E-state index in [2.05, 4.69) is 12.2 Å². The highest BCUT2D eigenvalue weighted by molar-refractivity contribution is 5.98. The van der Waals surface area contributed by atoms with Crippen molar-refractivity contribution in [2.45, 2.75) is 19.8 Å². The Hall–Kier alpha value is -1.90. The molecule has 1 fully saturated rings. The molecule has 0 saturated heterocycles. The Bertz CT molecular complexity index is 556. The predicted octanol–water partition coefficient (Wildman–Crippen LogP) is 2.93. The lowest BCUT2D eigenvalue weighted by Crippen LogP contribution is -2.24. The molecular formula is C17H18O3. The summed E-state index contributed by atoms with van der Waals surface area (Å²) in [6, 6.07) is 7.31. The number of esters is 1. The smallest absolute Gasteiger partial charge is 0.310 e. The highest BCUT2D eigenvalue weighted by Crippen LogP contribution is 2.43. The number of Topliss-reactive ketones (excluding diaryl/α,β-unsaturated/α-hetero) is 1. The fourth-order valence-corrected chi connectivity index (χ4v) is 3.12. The summed E-state index contributed by atoms with van der Waals surface area (Å²) in [6.45, 7) is 1.82. The molecule has 2 aliphatic rings. The number of carbonyl (C=O) groups excluding carboxylic acids is 2. The second-order valence-electron chi connectivity index (χ2n) is 5.78. The number of hydrogen-bond donors (Lipinski definition) is 0. The van der Waals surface area contributed by atoms with Gasteiger partial charge in [-0.2, -0.15) is 0 Å². The van der Waals surface area contributed by atoms with Gasteiger partial charge >= 0.3 is 5.97 Å². The van der Waals surface area contributed by atoms with Crippen LogP contribution in [0.4, 0.5) is 0 Å². The van der Waals surface area contributed by atoms with Crippen molar-refractivity contribution in [1.82, 2.24) is 0 Å². The molecule has 20 heavy (non-hydrogen) atoms. The molecule has 2 aliphatic carbocycles.